The van der Waals surface area contributed by atoms with Gasteiger partial charge in [-0.2, -0.15) is 5.26 Å². The molecule has 142 valence electrons. The van der Waals surface area contributed by atoms with Gasteiger partial charge in [0.2, 0.25) is 15.9 Å². The Morgan fingerprint density at radius 3 is 2.96 bits per heavy atom. The third-order valence-electron chi connectivity index (χ3n) is 4.64. The average molecular weight is 385 g/mol. The number of rotatable bonds is 6. The molecule has 27 heavy (non-hydrogen) atoms. The normalized spacial score (nSPS) is 18.0. The fourth-order valence-corrected chi connectivity index (χ4v) is 4.91. The van der Waals surface area contributed by atoms with Crippen molar-refractivity contribution in [1.29, 1.82) is 5.26 Å². The highest BCUT2D eigenvalue weighted by Crippen LogP contribution is 2.22. The van der Waals surface area contributed by atoms with Crippen LogP contribution in [0.5, 0.6) is 5.88 Å². The molecule has 2 aromatic rings. The van der Waals surface area contributed by atoms with Gasteiger partial charge in [-0.25, -0.2) is 17.7 Å². The van der Waals surface area contributed by atoms with Crippen LogP contribution in [0.15, 0.2) is 42.6 Å². The number of piperidine rings is 1. The van der Waals surface area contributed by atoms with Gasteiger partial charge in [-0.05, 0) is 31.4 Å². The molecule has 7 heteroatoms. The molecule has 1 fully saturated rings. The van der Waals surface area contributed by atoms with Gasteiger partial charge in [0.25, 0.3) is 0 Å². The van der Waals surface area contributed by atoms with Gasteiger partial charge in [-0.1, -0.05) is 29.8 Å². The van der Waals surface area contributed by atoms with Crippen molar-refractivity contribution in [3.05, 3.63) is 59.3 Å². The maximum Gasteiger partial charge on any atom is 0.218 e. The van der Waals surface area contributed by atoms with Crippen LogP contribution in [0.25, 0.3) is 0 Å². The number of ether oxygens (including phenoxy) is 1. The van der Waals surface area contributed by atoms with Crippen molar-refractivity contribution in [2.75, 3.05) is 19.7 Å². The first-order chi connectivity index (χ1) is 13.0. The summed E-state index contributed by atoms with van der Waals surface area (Å²) in [6.07, 6.45) is 3.26. The van der Waals surface area contributed by atoms with Crippen molar-refractivity contribution in [2.45, 2.75) is 25.5 Å². The summed E-state index contributed by atoms with van der Waals surface area (Å²) in [5.74, 6) is 0.529. The van der Waals surface area contributed by atoms with Gasteiger partial charge in [-0.15, -0.1) is 0 Å². The number of benzene rings is 1. The van der Waals surface area contributed by atoms with Crippen LogP contribution in [0.4, 0.5) is 0 Å². The van der Waals surface area contributed by atoms with Gasteiger partial charge in [0.15, 0.2) is 0 Å². The van der Waals surface area contributed by atoms with Gasteiger partial charge in [-0.3, -0.25) is 0 Å². The zero-order valence-electron chi connectivity index (χ0n) is 15.3. The highest BCUT2D eigenvalue weighted by Gasteiger charge is 2.29. The van der Waals surface area contributed by atoms with Crippen LogP contribution in [0.1, 0.15) is 29.5 Å². The van der Waals surface area contributed by atoms with Gasteiger partial charge in [0, 0.05) is 31.3 Å². The lowest BCUT2D eigenvalue weighted by Crippen LogP contribution is -2.42. The number of sulfonamides is 1. The Morgan fingerprint density at radius 2 is 2.19 bits per heavy atom. The Labute approximate surface area is 160 Å². The van der Waals surface area contributed by atoms with Crippen molar-refractivity contribution in [2.24, 2.45) is 5.92 Å². The average Bonchev–Trinajstić information content (AvgIpc) is 2.66. The highest BCUT2D eigenvalue weighted by molar-refractivity contribution is 7.88. The van der Waals surface area contributed by atoms with Crippen molar-refractivity contribution in [1.82, 2.24) is 9.29 Å². The molecule has 1 aliphatic heterocycles. The Kier molecular flexibility index (Phi) is 6.09. The molecular weight excluding hydrogens is 362 g/mol. The van der Waals surface area contributed by atoms with E-state index < -0.39 is 10.0 Å². The van der Waals surface area contributed by atoms with Gasteiger partial charge in [0.1, 0.15) is 0 Å². The molecular formula is C20H23N3O3S. The number of pyridine rings is 1. The van der Waals surface area contributed by atoms with E-state index in [9.17, 15) is 8.42 Å². The van der Waals surface area contributed by atoms with E-state index in [-0.39, 0.29) is 11.7 Å². The fourth-order valence-electron chi connectivity index (χ4n) is 3.28. The predicted molar refractivity (Wildman–Crippen MR) is 103 cm³/mol. The third-order valence-corrected chi connectivity index (χ3v) is 6.45. The van der Waals surface area contributed by atoms with Crippen molar-refractivity contribution < 1.29 is 13.2 Å². The number of aryl methyl sites for hydroxylation is 1. The summed E-state index contributed by atoms with van der Waals surface area (Å²) in [6.45, 7) is 3.34. The molecule has 0 amide bonds. The molecule has 3 rings (SSSR count). The first-order valence-corrected chi connectivity index (χ1v) is 10.6. The SMILES string of the molecule is Cc1cccc(CS(=O)(=O)N2CCCC(COc3cc(C#N)ccn3)C2)c1. The molecule has 1 atom stereocenters. The molecule has 0 N–H and O–H groups in total. The Balaban J connectivity index is 1.60. The predicted octanol–water partition coefficient (Wildman–Crippen LogP) is 2.88. The van der Waals surface area contributed by atoms with Crippen LogP contribution in [-0.2, 0) is 15.8 Å². The summed E-state index contributed by atoms with van der Waals surface area (Å²) in [7, 11) is -3.36. The second-order valence-electron chi connectivity index (χ2n) is 6.92. The number of hydrogen-bond donors (Lipinski definition) is 0. The second kappa shape index (κ2) is 8.51. The molecule has 1 aromatic heterocycles. The molecule has 0 radical (unpaired) electrons. The number of aromatic nitrogens is 1. The maximum atomic E-state index is 12.8. The minimum absolute atomic E-state index is 0.0219. The Morgan fingerprint density at radius 1 is 1.33 bits per heavy atom. The maximum absolute atomic E-state index is 12.8. The fraction of sp³-hybridized carbons (Fsp3) is 0.400. The minimum Gasteiger partial charge on any atom is -0.477 e. The van der Waals surface area contributed by atoms with E-state index in [0.29, 0.717) is 31.1 Å². The molecule has 0 spiro atoms. The van der Waals surface area contributed by atoms with Crippen LogP contribution in [0, 0.1) is 24.2 Å². The number of hydrogen-bond acceptors (Lipinski definition) is 5. The van der Waals surface area contributed by atoms with Crippen LogP contribution < -0.4 is 4.74 Å². The largest absolute Gasteiger partial charge is 0.477 e. The van der Waals surface area contributed by atoms with Crippen LogP contribution in [0.2, 0.25) is 0 Å². The van der Waals surface area contributed by atoms with Crippen LogP contribution >= 0.6 is 0 Å². The van der Waals surface area contributed by atoms with E-state index in [1.165, 1.54) is 6.20 Å². The number of nitrogens with zero attached hydrogens (tertiary/aromatic N) is 3. The first-order valence-electron chi connectivity index (χ1n) is 8.98. The summed E-state index contributed by atoms with van der Waals surface area (Å²) in [4.78, 5) is 4.10. The van der Waals surface area contributed by atoms with Gasteiger partial charge >= 0.3 is 0 Å². The van der Waals surface area contributed by atoms with E-state index in [1.807, 2.05) is 31.2 Å². The minimum atomic E-state index is -3.36. The summed E-state index contributed by atoms with van der Waals surface area (Å²) < 4.78 is 32.9. The van der Waals surface area contributed by atoms with Crippen molar-refractivity contribution >= 4 is 10.0 Å². The smallest absolute Gasteiger partial charge is 0.218 e. The van der Waals surface area contributed by atoms with E-state index in [0.717, 1.165) is 24.0 Å². The second-order valence-corrected chi connectivity index (χ2v) is 8.89. The lowest BCUT2D eigenvalue weighted by molar-refractivity contribution is 0.176. The van der Waals surface area contributed by atoms with Crippen molar-refractivity contribution in [3.63, 3.8) is 0 Å². The molecule has 1 aromatic carbocycles. The molecule has 0 aliphatic carbocycles. The summed E-state index contributed by atoms with van der Waals surface area (Å²) >= 11 is 0. The molecule has 0 saturated carbocycles. The zero-order chi connectivity index (χ0) is 19.3. The lowest BCUT2D eigenvalue weighted by Gasteiger charge is -2.31. The first kappa shape index (κ1) is 19.3. The topological polar surface area (TPSA) is 83.3 Å². The van der Waals surface area contributed by atoms with Crippen LogP contribution in [0.3, 0.4) is 0 Å². The monoisotopic (exact) mass is 385 g/mol. The molecule has 0 bridgehead atoms. The quantitative estimate of drug-likeness (QED) is 0.763. The lowest BCUT2D eigenvalue weighted by atomic mass is 10.0. The highest BCUT2D eigenvalue weighted by atomic mass is 32.2. The van der Waals surface area contributed by atoms with E-state index in [4.69, 9.17) is 10.00 Å². The van der Waals surface area contributed by atoms with Crippen LogP contribution in [-0.4, -0.2) is 37.4 Å². The summed E-state index contributed by atoms with van der Waals surface area (Å²) in [5.41, 5.74) is 2.36. The molecule has 1 unspecified atom stereocenters. The molecule has 2 heterocycles. The Bertz CT molecular complexity index is 937. The molecule has 6 nitrogen and oxygen atoms in total. The van der Waals surface area contributed by atoms with Gasteiger partial charge < -0.3 is 4.74 Å². The van der Waals surface area contributed by atoms with E-state index >= 15 is 0 Å². The van der Waals surface area contributed by atoms with E-state index in [2.05, 4.69) is 11.1 Å². The molecule has 1 saturated heterocycles. The standard InChI is InChI=1S/C20H23N3O3S/c1-16-4-2-5-18(10-16)15-27(24,25)23-9-3-6-19(13-23)14-26-20-11-17(12-21)7-8-22-20/h2,4-5,7-8,10-11,19H,3,6,9,13-15H2,1H3. The Hall–Kier alpha value is -2.43. The van der Waals surface area contributed by atoms with Gasteiger partial charge in [0.05, 0.1) is 24.0 Å². The third kappa shape index (κ3) is 5.28. The molecule has 1 aliphatic rings. The van der Waals surface area contributed by atoms with Crippen molar-refractivity contribution in [3.8, 4) is 11.9 Å². The zero-order valence-corrected chi connectivity index (χ0v) is 16.2. The number of nitriles is 1. The summed E-state index contributed by atoms with van der Waals surface area (Å²) in [6, 6.07) is 12.9. The summed E-state index contributed by atoms with van der Waals surface area (Å²) in [5, 5.41) is 8.93. The van der Waals surface area contributed by atoms with E-state index in [1.54, 1.807) is 16.4 Å².